The Hall–Kier alpha value is -4.38. The van der Waals surface area contributed by atoms with Crippen LogP contribution in [0.5, 0.6) is 0 Å². The molecule has 32 heavy (non-hydrogen) atoms. The number of nitrogens with zero attached hydrogens (tertiary/aromatic N) is 4. The minimum atomic E-state index is -3.82. The maximum atomic E-state index is 12.5. The van der Waals surface area contributed by atoms with Gasteiger partial charge in [0.25, 0.3) is 15.9 Å². The van der Waals surface area contributed by atoms with Gasteiger partial charge in [0.05, 0.1) is 11.1 Å². The smallest absolute Gasteiger partial charge is 0.271 e. The van der Waals surface area contributed by atoms with Gasteiger partial charge in [-0.2, -0.15) is 5.10 Å². The fraction of sp³-hybridized carbons (Fsp3) is 0. The van der Waals surface area contributed by atoms with E-state index < -0.39 is 10.0 Å². The molecule has 0 bridgehead atoms. The van der Waals surface area contributed by atoms with Crippen molar-refractivity contribution in [3.63, 3.8) is 0 Å². The van der Waals surface area contributed by atoms with Crippen molar-refractivity contribution in [3.05, 3.63) is 90.7 Å². The molecule has 2 N–H and O–H groups in total. The standard InChI is InChI=1S/C21H16N6O4S/c28-20(16-8-12-22-13-9-16)26-25-14-17-4-7-19(31-17)15-2-5-18(6-3-15)32(29,30)27-21-23-10-1-11-24-21/h1-14H,(H,26,28)(H,23,24,27). The molecule has 3 aromatic heterocycles. The van der Waals surface area contributed by atoms with Gasteiger partial charge in [-0.05, 0) is 54.6 Å². The summed E-state index contributed by atoms with van der Waals surface area (Å²) in [5.41, 5.74) is 3.50. The second-order valence-corrected chi connectivity index (χ2v) is 8.02. The van der Waals surface area contributed by atoms with Gasteiger partial charge in [-0.25, -0.2) is 28.5 Å². The average molecular weight is 448 g/mol. The normalized spacial score (nSPS) is 11.4. The topological polar surface area (TPSA) is 139 Å². The van der Waals surface area contributed by atoms with Crippen LogP contribution in [0.3, 0.4) is 0 Å². The molecule has 0 radical (unpaired) electrons. The fourth-order valence-corrected chi connectivity index (χ4v) is 3.59. The van der Waals surface area contributed by atoms with E-state index in [1.807, 2.05) is 0 Å². The molecule has 3 heterocycles. The van der Waals surface area contributed by atoms with Gasteiger partial charge in [0.2, 0.25) is 5.95 Å². The number of amides is 1. The van der Waals surface area contributed by atoms with Crippen molar-refractivity contribution in [2.24, 2.45) is 5.10 Å². The van der Waals surface area contributed by atoms with Gasteiger partial charge in [-0.15, -0.1) is 0 Å². The highest BCUT2D eigenvalue weighted by Gasteiger charge is 2.16. The summed E-state index contributed by atoms with van der Waals surface area (Å²) in [6.45, 7) is 0. The molecule has 0 spiro atoms. The summed E-state index contributed by atoms with van der Waals surface area (Å²) >= 11 is 0. The van der Waals surface area contributed by atoms with E-state index in [1.165, 1.54) is 43.1 Å². The van der Waals surface area contributed by atoms with Gasteiger partial charge >= 0.3 is 0 Å². The first kappa shape index (κ1) is 20.9. The van der Waals surface area contributed by atoms with Crippen molar-refractivity contribution in [2.45, 2.75) is 4.90 Å². The molecule has 0 aliphatic carbocycles. The van der Waals surface area contributed by atoms with E-state index in [2.05, 4.69) is 30.2 Å². The third-order valence-electron chi connectivity index (χ3n) is 4.17. The SMILES string of the molecule is O=C(NN=Cc1ccc(-c2ccc(S(=O)(=O)Nc3ncccn3)cc2)o1)c1ccncc1. The van der Waals surface area contributed by atoms with Gasteiger partial charge in [0.15, 0.2) is 0 Å². The fourth-order valence-electron chi connectivity index (χ4n) is 2.63. The number of anilines is 1. The second-order valence-electron chi connectivity index (χ2n) is 6.34. The highest BCUT2D eigenvalue weighted by molar-refractivity contribution is 7.92. The van der Waals surface area contributed by atoms with E-state index in [9.17, 15) is 13.2 Å². The van der Waals surface area contributed by atoms with Gasteiger partial charge in [-0.3, -0.25) is 9.78 Å². The molecule has 1 aromatic carbocycles. The van der Waals surface area contributed by atoms with Crippen molar-refractivity contribution in [3.8, 4) is 11.3 Å². The number of hydrogen-bond acceptors (Lipinski definition) is 8. The van der Waals surface area contributed by atoms with Crippen LogP contribution in [-0.2, 0) is 10.0 Å². The summed E-state index contributed by atoms with van der Waals surface area (Å²) in [6.07, 6.45) is 7.27. The average Bonchev–Trinajstić information content (AvgIpc) is 3.29. The largest absolute Gasteiger partial charge is 0.455 e. The third kappa shape index (κ3) is 5.02. The zero-order valence-electron chi connectivity index (χ0n) is 16.4. The van der Waals surface area contributed by atoms with E-state index in [-0.39, 0.29) is 16.8 Å². The van der Waals surface area contributed by atoms with Crippen molar-refractivity contribution >= 4 is 28.1 Å². The Kier molecular flexibility index (Phi) is 5.99. The highest BCUT2D eigenvalue weighted by Crippen LogP contribution is 2.23. The quantitative estimate of drug-likeness (QED) is 0.327. The minimum absolute atomic E-state index is 0.0115. The minimum Gasteiger partial charge on any atom is -0.455 e. The molecule has 1 amide bonds. The number of carbonyl (C=O) groups excluding carboxylic acids is 1. The summed E-state index contributed by atoms with van der Waals surface area (Å²) in [6, 6.07) is 14.3. The van der Waals surface area contributed by atoms with E-state index in [0.29, 0.717) is 22.6 Å². The van der Waals surface area contributed by atoms with Gasteiger partial charge in [0, 0.05) is 35.9 Å². The first-order valence-corrected chi connectivity index (χ1v) is 10.7. The lowest BCUT2D eigenvalue weighted by Gasteiger charge is -2.06. The molecular formula is C21H16N6O4S. The number of pyridine rings is 1. The van der Waals surface area contributed by atoms with Crippen molar-refractivity contribution < 1.29 is 17.6 Å². The van der Waals surface area contributed by atoms with Crippen LogP contribution in [0.15, 0.2) is 93.8 Å². The molecule has 0 atom stereocenters. The van der Waals surface area contributed by atoms with Crippen molar-refractivity contribution in [2.75, 3.05) is 4.72 Å². The molecule has 0 unspecified atom stereocenters. The number of carbonyl (C=O) groups is 1. The lowest BCUT2D eigenvalue weighted by Crippen LogP contribution is -2.17. The van der Waals surface area contributed by atoms with Crippen LogP contribution in [0.2, 0.25) is 0 Å². The number of benzene rings is 1. The Balaban J connectivity index is 1.41. The Morgan fingerprint density at radius 3 is 2.38 bits per heavy atom. The summed E-state index contributed by atoms with van der Waals surface area (Å²) in [4.78, 5) is 23.6. The molecule has 0 fully saturated rings. The molecule has 11 heteroatoms. The number of furan rings is 1. The maximum Gasteiger partial charge on any atom is 0.271 e. The molecule has 4 rings (SSSR count). The van der Waals surface area contributed by atoms with Gasteiger partial charge in [-0.1, -0.05) is 0 Å². The van der Waals surface area contributed by atoms with Gasteiger partial charge < -0.3 is 4.42 Å². The number of hydrazone groups is 1. The monoisotopic (exact) mass is 448 g/mol. The summed E-state index contributed by atoms with van der Waals surface area (Å²) in [7, 11) is -3.82. The zero-order chi connectivity index (χ0) is 22.4. The molecule has 0 saturated carbocycles. The predicted molar refractivity (Wildman–Crippen MR) is 116 cm³/mol. The molecular weight excluding hydrogens is 432 g/mol. The Morgan fingerprint density at radius 2 is 1.66 bits per heavy atom. The van der Waals surface area contributed by atoms with Crippen LogP contribution >= 0.6 is 0 Å². The van der Waals surface area contributed by atoms with E-state index >= 15 is 0 Å². The number of aromatic nitrogens is 3. The molecule has 0 aliphatic heterocycles. The Labute approximate surface area is 183 Å². The van der Waals surface area contributed by atoms with Crippen LogP contribution in [0.25, 0.3) is 11.3 Å². The maximum absolute atomic E-state index is 12.5. The number of sulfonamides is 1. The van der Waals surface area contributed by atoms with Crippen LogP contribution in [0, 0.1) is 0 Å². The highest BCUT2D eigenvalue weighted by atomic mass is 32.2. The molecule has 0 aliphatic rings. The van der Waals surface area contributed by atoms with Crippen molar-refractivity contribution in [1.82, 2.24) is 20.4 Å². The third-order valence-corrected chi connectivity index (χ3v) is 5.51. The van der Waals surface area contributed by atoms with Gasteiger partial charge in [0.1, 0.15) is 11.5 Å². The second kappa shape index (κ2) is 9.18. The summed E-state index contributed by atoms with van der Waals surface area (Å²) in [5.74, 6) is 0.536. The number of nitrogens with one attached hydrogen (secondary N) is 2. The first-order valence-electron chi connectivity index (χ1n) is 9.25. The number of rotatable bonds is 7. The van der Waals surface area contributed by atoms with E-state index in [0.717, 1.165) is 0 Å². The van der Waals surface area contributed by atoms with Crippen LogP contribution in [-0.4, -0.2) is 35.5 Å². The van der Waals surface area contributed by atoms with Crippen LogP contribution < -0.4 is 10.1 Å². The summed E-state index contributed by atoms with van der Waals surface area (Å²) < 4.78 is 32.9. The molecule has 0 saturated heterocycles. The Bertz CT molecular complexity index is 1340. The van der Waals surface area contributed by atoms with Crippen molar-refractivity contribution in [1.29, 1.82) is 0 Å². The van der Waals surface area contributed by atoms with Crippen LogP contribution in [0.1, 0.15) is 16.1 Å². The van der Waals surface area contributed by atoms with Crippen LogP contribution in [0.4, 0.5) is 5.95 Å². The molecule has 160 valence electrons. The van der Waals surface area contributed by atoms with E-state index in [4.69, 9.17) is 4.42 Å². The Morgan fingerprint density at radius 1 is 0.938 bits per heavy atom. The predicted octanol–water partition coefficient (Wildman–Crippen LogP) is 2.70. The summed E-state index contributed by atoms with van der Waals surface area (Å²) in [5, 5.41) is 3.87. The molecule has 10 nitrogen and oxygen atoms in total. The molecule has 4 aromatic rings. The first-order chi connectivity index (χ1) is 15.5. The number of hydrogen-bond donors (Lipinski definition) is 2. The van der Waals surface area contributed by atoms with E-state index in [1.54, 1.807) is 42.5 Å². The zero-order valence-corrected chi connectivity index (χ0v) is 17.2. The lowest BCUT2D eigenvalue weighted by atomic mass is 10.2. The lowest BCUT2D eigenvalue weighted by molar-refractivity contribution is 0.0955.